The molecule has 3 heterocycles. The maximum absolute atomic E-state index is 5.00. The van der Waals surface area contributed by atoms with Gasteiger partial charge in [-0.25, -0.2) is 0 Å². The molecule has 0 bridgehead atoms. The van der Waals surface area contributed by atoms with Crippen molar-refractivity contribution in [2.75, 3.05) is 0 Å². The molecule has 0 aliphatic heterocycles. The van der Waals surface area contributed by atoms with Gasteiger partial charge >= 0.3 is 49.6 Å². The Kier molecular flexibility index (Phi) is 12.5. The van der Waals surface area contributed by atoms with Crippen LogP contribution >= 0.6 is 38.8 Å². The predicted octanol–water partition coefficient (Wildman–Crippen LogP) is 3.43. The quantitative estimate of drug-likeness (QED) is 0.388. The van der Waals surface area contributed by atoms with Crippen LogP contribution in [0.4, 0.5) is 0 Å². The average Bonchev–Trinajstić information content (AvgIpc) is 3.14. The molecule has 23 heavy (non-hydrogen) atoms. The molecule has 3 aromatic heterocycles. The van der Waals surface area contributed by atoms with Crippen molar-refractivity contribution in [1.82, 2.24) is 24.7 Å². The molecule has 0 aliphatic rings. The molecule has 11 heteroatoms. The number of hydrogen-bond acceptors (Lipinski definition) is 2. The Morgan fingerprint density at radius 3 is 1.43 bits per heavy atom. The van der Waals surface area contributed by atoms with Crippen LogP contribution in [-0.2, 0) is 32.0 Å². The summed E-state index contributed by atoms with van der Waals surface area (Å²) in [5, 5.41) is 10.6. The molecule has 3 aromatic rings. The molecule has 6 nitrogen and oxygen atoms in total. The summed E-state index contributed by atoms with van der Waals surface area (Å²) in [5.74, 6) is 0. The summed E-state index contributed by atoms with van der Waals surface area (Å²) in [6.45, 7) is 0. The Bertz CT molecular complexity index is 495. The van der Waals surface area contributed by atoms with Gasteiger partial charge < -0.3 is 0 Å². The van der Waals surface area contributed by atoms with Gasteiger partial charge in [0.2, 0.25) is 0 Å². The van der Waals surface area contributed by atoms with E-state index in [-0.39, 0.29) is 0 Å². The van der Waals surface area contributed by atoms with Gasteiger partial charge in [-0.3, -0.25) is 9.36 Å². The second-order valence-corrected chi connectivity index (χ2v) is 19.7. The van der Waals surface area contributed by atoms with Crippen molar-refractivity contribution in [2.24, 2.45) is 21.1 Å². The summed E-state index contributed by atoms with van der Waals surface area (Å²) in [7, 11) is 22.7. The molecule has 0 aromatic carbocycles. The van der Waals surface area contributed by atoms with E-state index in [1.165, 1.54) is 0 Å². The first-order valence-electron chi connectivity index (χ1n) is 6.08. The second-order valence-electron chi connectivity index (χ2n) is 3.91. The summed E-state index contributed by atoms with van der Waals surface area (Å²) >= 11 is 0. The van der Waals surface area contributed by atoms with Gasteiger partial charge in [-0.15, -0.1) is 4.68 Å². The van der Waals surface area contributed by atoms with Gasteiger partial charge in [-0.2, -0.15) is 15.3 Å². The van der Waals surface area contributed by atoms with Gasteiger partial charge in [-0.05, 0) is 12.1 Å². The van der Waals surface area contributed by atoms with Crippen molar-refractivity contribution in [1.29, 1.82) is 0 Å². The zero-order valence-corrected chi connectivity index (χ0v) is 17.6. The van der Waals surface area contributed by atoms with Gasteiger partial charge in [0.15, 0.2) is 13.2 Å². The van der Waals surface area contributed by atoms with Crippen LogP contribution in [0.25, 0.3) is 0 Å². The summed E-state index contributed by atoms with van der Waals surface area (Å²) in [5.41, 5.74) is 0. The first-order valence-corrected chi connectivity index (χ1v) is 15.0. The van der Waals surface area contributed by atoms with Crippen LogP contribution in [0.1, 0.15) is 0 Å². The number of nitrogens with zero attached hydrogens (tertiary/aromatic N) is 5. The number of nitrogens with one attached hydrogen (secondary N) is 1. The van der Waals surface area contributed by atoms with Crippen molar-refractivity contribution in [3.63, 3.8) is 0 Å². The Hall–Kier alpha value is -0.587. The summed E-state index contributed by atoms with van der Waals surface area (Å²) in [6, 6.07) is 5.72. The Morgan fingerprint density at radius 1 is 0.913 bits per heavy atom. The molecule has 0 atom stereocenters. The van der Waals surface area contributed by atoms with Gasteiger partial charge in [0.05, 0.1) is 6.20 Å². The van der Waals surface area contributed by atoms with Crippen LogP contribution < -0.4 is 4.68 Å². The first kappa shape index (κ1) is 22.4. The third kappa shape index (κ3) is 19.4. The standard InChI is InChI=1S/3C4H6N2.4ClH.Ru/c3*1-6-4-2-3-5-6;;;;;/h3*2-4H,1H3;4*1H;/q;;;;;;;+3/p-3. The Labute approximate surface area is 154 Å². The van der Waals surface area contributed by atoms with E-state index in [0.29, 0.717) is 0 Å². The van der Waals surface area contributed by atoms with Crippen LogP contribution in [0.15, 0.2) is 55.4 Å². The molecule has 0 saturated carbocycles. The fraction of sp³-hybridized carbons (Fsp3) is 0.250. The summed E-state index contributed by atoms with van der Waals surface area (Å²) in [4.78, 5) is 0. The third-order valence-electron chi connectivity index (χ3n) is 1.96. The average molecular weight is 490 g/mol. The summed E-state index contributed by atoms with van der Waals surface area (Å²) < 4.78 is 5.38. The van der Waals surface area contributed by atoms with Crippen LogP contribution in [0.5, 0.6) is 0 Å². The first-order chi connectivity index (χ1) is 10.7. The number of aromatic nitrogens is 6. The van der Waals surface area contributed by atoms with E-state index >= 15 is 0 Å². The van der Waals surface area contributed by atoms with Crippen molar-refractivity contribution in [3.8, 4) is 0 Å². The van der Waals surface area contributed by atoms with Crippen molar-refractivity contribution in [3.05, 3.63) is 55.4 Å². The van der Waals surface area contributed by atoms with E-state index in [4.69, 9.17) is 38.8 Å². The minimum atomic E-state index is -2.97. The van der Waals surface area contributed by atoms with Crippen molar-refractivity contribution < 1.29 is 15.5 Å². The Morgan fingerprint density at radius 2 is 1.35 bits per heavy atom. The second kappa shape index (κ2) is 12.8. The molecule has 0 unspecified atom stereocenters. The van der Waals surface area contributed by atoms with E-state index in [9.17, 15) is 0 Å². The van der Waals surface area contributed by atoms with Crippen LogP contribution in [0, 0.1) is 0 Å². The number of aromatic amines is 1. The van der Waals surface area contributed by atoms with Gasteiger partial charge in [-0.1, -0.05) is 0 Å². The maximum atomic E-state index is 5.00. The molecule has 0 saturated heterocycles. The molecule has 3 rings (SSSR count). The predicted molar refractivity (Wildman–Crippen MR) is 91.8 cm³/mol. The fourth-order valence-corrected chi connectivity index (χ4v) is 1.07. The fourth-order valence-electron chi connectivity index (χ4n) is 1.07. The number of aryl methyl sites for hydroxylation is 3. The van der Waals surface area contributed by atoms with Crippen LogP contribution in [-0.4, -0.2) is 24.7 Å². The van der Waals surface area contributed by atoms with Crippen molar-refractivity contribution in [2.45, 2.75) is 0 Å². The molecule has 133 valence electrons. The molecule has 0 aliphatic carbocycles. The molecular formula is C12H19Cl4N6Ru. The van der Waals surface area contributed by atoms with Crippen molar-refractivity contribution >= 4 is 38.8 Å². The topological polar surface area (TPSA) is 55.3 Å². The molecular weight excluding hydrogens is 471 g/mol. The molecule has 0 fully saturated rings. The number of H-pyrrole nitrogens is 1. The van der Waals surface area contributed by atoms with Crippen LogP contribution in [0.3, 0.4) is 0 Å². The van der Waals surface area contributed by atoms with Gasteiger partial charge in [0, 0.05) is 44.9 Å². The SMILES string of the molecule is C[n+]1ccc[nH]1.Cn1cccn1.Cn1cccn1.[Cl][Ru-]([Cl])([Cl])[Cl]. The van der Waals surface area contributed by atoms with E-state index in [0.717, 1.165) is 0 Å². The van der Waals surface area contributed by atoms with Gasteiger partial charge in [0.25, 0.3) is 0 Å². The van der Waals surface area contributed by atoms with E-state index in [1.807, 2.05) is 68.8 Å². The van der Waals surface area contributed by atoms with Gasteiger partial charge in [0.1, 0.15) is 0 Å². The number of halogens is 4. The third-order valence-corrected chi connectivity index (χ3v) is 1.96. The zero-order valence-electron chi connectivity index (χ0n) is 12.8. The monoisotopic (exact) mass is 489 g/mol. The van der Waals surface area contributed by atoms with Crippen LogP contribution in [0.2, 0.25) is 0 Å². The molecule has 0 amide bonds. The molecule has 0 spiro atoms. The molecule has 1 N–H and O–H groups in total. The zero-order chi connectivity index (χ0) is 17.7. The Balaban J connectivity index is 0.000000282. The van der Waals surface area contributed by atoms with E-state index in [1.54, 1.807) is 21.8 Å². The molecule has 0 radical (unpaired) electrons. The number of rotatable bonds is 0. The minimum absolute atomic E-state index is 1.75. The normalized spacial score (nSPS) is 10.2. The van der Waals surface area contributed by atoms with E-state index < -0.39 is 10.8 Å². The number of hydrogen-bond donors (Lipinski definition) is 1. The summed E-state index contributed by atoms with van der Waals surface area (Å²) in [6.07, 6.45) is 11.1. The van der Waals surface area contributed by atoms with E-state index in [2.05, 4.69) is 15.3 Å².